The number of hydrogen-bond acceptors (Lipinski definition) is 5. The summed E-state index contributed by atoms with van der Waals surface area (Å²) in [6, 6.07) is 3.79. The third kappa shape index (κ3) is 3.59. The third-order valence-electron chi connectivity index (χ3n) is 2.52. The maximum atomic E-state index is 6.24. The second-order valence-corrected chi connectivity index (χ2v) is 5.03. The van der Waals surface area contributed by atoms with E-state index in [0.717, 1.165) is 17.8 Å². The van der Waals surface area contributed by atoms with E-state index in [1.54, 1.807) is 12.6 Å². The molecule has 1 N–H and O–H groups in total. The highest BCUT2D eigenvalue weighted by atomic mass is 35.5. The molecule has 2 rings (SSSR count). The fraction of sp³-hybridized carbons (Fsp3) is 0.308. The summed E-state index contributed by atoms with van der Waals surface area (Å²) in [5, 5.41) is 5.55. The molecule has 0 radical (unpaired) electrons. The van der Waals surface area contributed by atoms with Gasteiger partial charge in [-0.1, -0.05) is 11.6 Å². The van der Waals surface area contributed by atoms with Crippen LogP contribution in [0.3, 0.4) is 0 Å². The summed E-state index contributed by atoms with van der Waals surface area (Å²) < 4.78 is 11.0. The first-order chi connectivity index (χ1) is 9.24. The second-order valence-electron chi connectivity index (χ2n) is 3.91. The fourth-order valence-corrected chi connectivity index (χ4v) is 2.51. The normalized spacial score (nSPS) is 10.5. The Morgan fingerprint density at radius 2 is 2.26 bits per heavy atom. The summed E-state index contributed by atoms with van der Waals surface area (Å²) in [5.74, 6) is 1.19. The molecule has 102 valence electrons. The molecule has 0 unspecified atom stereocenters. The van der Waals surface area contributed by atoms with Crippen molar-refractivity contribution >= 4 is 22.9 Å². The third-order valence-corrected chi connectivity index (χ3v) is 3.43. The number of benzene rings is 1. The molecule has 1 heterocycles. The zero-order chi connectivity index (χ0) is 13.7. The van der Waals surface area contributed by atoms with Crippen LogP contribution in [0, 0.1) is 0 Å². The van der Waals surface area contributed by atoms with Gasteiger partial charge in [-0.05, 0) is 24.7 Å². The van der Waals surface area contributed by atoms with Crippen LogP contribution in [0.25, 0.3) is 0 Å². The van der Waals surface area contributed by atoms with Crippen LogP contribution in [-0.2, 0) is 13.2 Å². The average Bonchev–Trinajstić information content (AvgIpc) is 2.90. The molecule has 19 heavy (non-hydrogen) atoms. The number of halogens is 1. The van der Waals surface area contributed by atoms with Crippen LogP contribution in [0.5, 0.6) is 11.5 Å². The predicted octanol–water partition coefficient (Wildman–Crippen LogP) is 3.10. The summed E-state index contributed by atoms with van der Waals surface area (Å²) in [6.45, 7) is 1.10. The smallest absolute Gasteiger partial charge is 0.180 e. The molecule has 0 aliphatic heterocycles. The van der Waals surface area contributed by atoms with Gasteiger partial charge in [0, 0.05) is 11.9 Å². The molecule has 0 saturated heterocycles. The zero-order valence-electron chi connectivity index (χ0n) is 10.8. The SMILES string of the molecule is CNCc1cc(Cl)c(OCc2cscn2)c(OC)c1. The van der Waals surface area contributed by atoms with Crippen molar-refractivity contribution in [2.75, 3.05) is 14.2 Å². The van der Waals surface area contributed by atoms with E-state index in [0.29, 0.717) is 23.1 Å². The quantitative estimate of drug-likeness (QED) is 0.890. The molecule has 6 heteroatoms. The molecule has 4 nitrogen and oxygen atoms in total. The van der Waals surface area contributed by atoms with Crippen molar-refractivity contribution in [3.8, 4) is 11.5 Å². The van der Waals surface area contributed by atoms with E-state index in [9.17, 15) is 0 Å². The van der Waals surface area contributed by atoms with E-state index in [1.807, 2.05) is 24.6 Å². The highest BCUT2D eigenvalue weighted by Gasteiger charge is 2.12. The topological polar surface area (TPSA) is 43.4 Å². The van der Waals surface area contributed by atoms with Crippen molar-refractivity contribution in [1.29, 1.82) is 0 Å². The van der Waals surface area contributed by atoms with Crippen LogP contribution in [0.15, 0.2) is 23.0 Å². The Labute approximate surface area is 121 Å². The molecular formula is C13H15ClN2O2S. The minimum absolute atomic E-state index is 0.380. The lowest BCUT2D eigenvalue weighted by Crippen LogP contribution is -2.06. The van der Waals surface area contributed by atoms with Gasteiger partial charge in [-0.2, -0.15) is 0 Å². The van der Waals surface area contributed by atoms with Crippen LogP contribution >= 0.6 is 22.9 Å². The average molecular weight is 299 g/mol. The van der Waals surface area contributed by atoms with Crippen LogP contribution < -0.4 is 14.8 Å². The van der Waals surface area contributed by atoms with Crippen molar-refractivity contribution in [1.82, 2.24) is 10.3 Å². The molecule has 1 aromatic heterocycles. The lowest BCUT2D eigenvalue weighted by molar-refractivity contribution is 0.281. The van der Waals surface area contributed by atoms with E-state index >= 15 is 0 Å². The maximum Gasteiger partial charge on any atom is 0.180 e. The minimum Gasteiger partial charge on any atom is -0.493 e. The van der Waals surface area contributed by atoms with Gasteiger partial charge in [0.05, 0.1) is 23.3 Å². The molecule has 0 spiro atoms. The monoisotopic (exact) mass is 298 g/mol. The molecule has 0 fully saturated rings. The Morgan fingerprint density at radius 1 is 1.42 bits per heavy atom. The number of thiazole rings is 1. The van der Waals surface area contributed by atoms with Crippen LogP contribution in [-0.4, -0.2) is 19.1 Å². The van der Waals surface area contributed by atoms with Crippen LogP contribution in [0.4, 0.5) is 0 Å². The predicted molar refractivity (Wildman–Crippen MR) is 77.2 cm³/mol. The highest BCUT2D eigenvalue weighted by molar-refractivity contribution is 7.07. The molecule has 0 bridgehead atoms. The zero-order valence-corrected chi connectivity index (χ0v) is 12.3. The van der Waals surface area contributed by atoms with Crippen molar-refractivity contribution in [3.63, 3.8) is 0 Å². The summed E-state index contributed by atoms with van der Waals surface area (Å²) in [5.41, 5.74) is 3.70. The molecule has 2 aromatic rings. The van der Waals surface area contributed by atoms with Gasteiger partial charge in [0.25, 0.3) is 0 Å². The molecule has 0 aliphatic rings. The Bertz CT molecular complexity index is 532. The number of nitrogens with zero attached hydrogens (tertiary/aromatic N) is 1. The largest absolute Gasteiger partial charge is 0.493 e. The molecule has 0 atom stereocenters. The van der Waals surface area contributed by atoms with Gasteiger partial charge in [0.2, 0.25) is 0 Å². The molecule has 0 saturated carbocycles. The fourth-order valence-electron chi connectivity index (χ4n) is 1.67. The van der Waals surface area contributed by atoms with Crippen LogP contribution in [0.2, 0.25) is 5.02 Å². The van der Waals surface area contributed by atoms with Crippen molar-refractivity contribution in [3.05, 3.63) is 39.3 Å². The summed E-state index contributed by atoms with van der Waals surface area (Å²) in [4.78, 5) is 4.16. The van der Waals surface area contributed by atoms with E-state index < -0.39 is 0 Å². The standard InChI is InChI=1S/C13H15ClN2O2S/c1-15-5-9-3-11(14)13(12(4-9)17-2)18-6-10-7-19-8-16-10/h3-4,7-8,15H,5-6H2,1-2H3. The number of rotatable bonds is 6. The van der Waals surface area contributed by atoms with E-state index in [2.05, 4.69) is 10.3 Å². The van der Waals surface area contributed by atoms with Gasteiger partial charge < -0.3 is 14.8 Å². The van der Waals surface area contributed by atoms with E-state index in [1.165, 1.54) is 11.3 Å². The first-order valence-corrected chi connectivity index (χ1v) is 7.07. The van der Waals surface area contributed by atoms with Crippen LogP contribution in [0.1, 0.15) is 11.3 Å². The number of nitrogens with one attached hydrogen (secondary N) is 1. The van der Waals surface area contributed by atoms with Gasteiger partial charge in [0.15, 0.2) is 11.5 Å². The van der Waals surface area contributed by atoms with Gasteiger partial charge in [-0.15, -0.1) is 11.3 Å². The number of hydrogen-bond donors (Lipinski definition) is 1. The number of ether oxygens (including phenoxy) is 2. The molecule has 0 amide bonds. The first-order valence-electron chi connectivity index (χ1n) is 5.75. The molecular weight excluding hydrogens is 284 g/mol. The van der Waals surface area contributed by atoms with Gasteiger partial charge >= 0.3 is 0 Å². The molecule has 1 aromatic carbocycles. The Morgan fingerprint density at radius 3 is 2.89 bits per heavy atom. The van der Waals surface area contributed by atoms with Gasteiger partial charge in [0.1, 0.15) is 6.61 Å². The molecule has 0 aliphatic carbocycles. The summed E-state index contributed by atoms with van der Waals surface area (Å²) >= 11 is 7.77. The second kappa shape index (κ2) is 6.75. The summed E-state index contributed by atoms with van der Waals surface area (Å²) in [6.07, 6.45) is 0. The van der Waals surface area contributed by atoms with Gasteiger partial charge in [-0.3, -0.25) is 0 Å². The van der Waals surface area contributed by atoms with Gasteiger partial charge in [-0.25, -0.2) is 4.98 Å². The Kier molecular flexibility index (Phi) is 5.01. The number of aromatic nitrogens is 1. The highest BCUT2D eigenvalue weighted by Crippen LogP contribution is 2.36. The minimum atomic E-state index is 0.380. The lowest BCUT2D eigenvalue weighted by Gasteiger charge is -2.13. The summed E-state index contributed by atoms with van der Waals surface area (Å²) in [7, 11) is 3.48. The van der Waals surface area contributed by atoms with Crippen molar-refractivity contribution in [2.24, 2.45) is 0 Å². The van der Waals surface area contributed by atoms with Crippen molar-refractivity contribution < 1.29 is 9.47 Å². The Hall–Kier alpha value is -1.30. The van der Waals surface area contributed by atoms with E-state index in [4.69, 9.17) is 21.1 Å². The Balaban J connectivity index is 2.18. The number of methoxy groups -OCH3 is 1. The van der Waals surface area contributed by atoms with E-state index in [-0.39, 0.29) is 0 Å². The van der Waals surface area contributed by atoms with Crippen molar-refractivity contribution in [2.45, 2.75) is 13.2 Å². The maximum absolute atomic E-state index is 6.24. The first kappa shape index (κ1) is 14.1. The lowest BCUT2D eigenvalue weighted by atomic mass is 10.2.